The van der Waals surface area contributed by atoms with Gasteiger partial charge in [0.05, 0.1) is 11.7 Å². The summed E-state index contributed by atoms with van der Waals surface area (Å²) in [5.41, 5.74) is 5.35. The monoisotopic (exact) mass is 440 g/mol. The quantitative estimate of drug-likeness (QED) is 0.373. The van der Waals surface area contributed by atoms with E-state index in [1.807, 2.05) is 72.9 Å². The molecule has 2 N–H and O–H groups in total. The molecule has 1 saturated heterocycles. The van der Waals surface area contributed by atoms with Gasteiger partial charge < -0.3 is 19.9 Å². The molecule has 0 saturated carbocycles. The lowest BCUT2D eigenvalue weighted by Crippen LogP contribution is -2.29. The SMILES string of the molecule is Cc1ccc(Oc2ccc(N3C(=S)N[C@@H](c4ccccn4)[C@@H]3c3ccc(C)[nH]3)cc2)cc1. The Labute approximate surface area is 193 Å². The molecule has 2 aromatic heterocycles. The second-order valence-corrected chi connectivity index (χ2v) is 8.39. The highest BCUT2D eigenvalue weighted by molar-refractivity contribution is 7.80. The number of thiocarbonyl (C=S) groups is 1. The molecule has 0 aliphatic carbocycles. The van der Waals surface area contributed by atoms with Crippen molar-refractivity contribution >= 4 is 23.0 Å². The molecular weight excluding hydrogens is 416 g/mol. The number of ether oxygens (including phenoxy) is 1. The maximum absolute atomic E-state index is 6.00. The van der Waals surface area contributed by atoms with E-state index in [-0.39, 0.29) is 12.1 Å². The van der Waals surface area contributed by atoms with Gasteiger partial charge in [-0.15, -0.1) is 0 Å². The Balaban J connectivity index is 1.46. The summed E-state index contributed by atoms with van der Waals surface area (Å²) in [6.07, 6.45) is 1.82. The molecule has 0 bridgehead atoms. The molecule has 160 valence electrons. The van der Waals surface area contributed by atoms with Crippen LogP contribution in [0.3, 0.4) is 0 Å². The Morgan fingerprint density at radius 3 is 2.22 bits per heavy atom. The van der Waals surface area contributed by atoms with Crippen LogP contribution in [0, 0.1) is 13.8 Å². The molecule has 5 nitrogen and oxygen atoms in total. The van der Waals surface area contributed by atoms with Gasteiger partial charge in [-0.3, -0.25) is 4.98 Å². The maximum atomic E-state index is 6.00. The van der Waals surface area contributed by atoms with E-state index in [9.17, 15) is 0 Å². The average Bonchev–Trinajstić information content (AvgIpc) is 3.39. The molecule has 0 unspecified atom stereocenters. The maximum Gasteiger partial charge on any atom is 0.174 e. The van der Waals surface area contributed by atoms with Crippen LogP contribution in [0.5, 0.6) is 11.5 Å². The Hall–Kier alpha value is -3.64. The van der Waals surface area contributed by atoms with Gasteiger partial charge in [-0.1, -0.05) is 23.8 Å². The van der Waals surface area contributed by atoms with Crippen LogP contribution in [-0.4, -0.2) is 15.1 Å². The minimum atomic E-state index is -0.0646. The largest absolute Gasteiger partial charge is 0.457 e. The van der Waals surface area contributed by atoms with E-state index in [0.717, 1.165) is 34.3 Å². The Bertz CT molecular complexity index is 1220. The summed E-state index contributed by atoms with van der Waals surface area (Å²) < 4.78 is 6.00. The molecule has 2 atom stereocenters. The second kappa shape index (κ2) is 8.48. The molecule has 0 radical (unpaired) electrons. The van der Waals surface area contributed by atoms with E-state index in [1.165, 1.54) is 5.56 Å². The van der Waals surface area contributed by atoms with Crippen molar-refractivity contribution in [1.29, 1.82) is 0 Å². The molecule has 6 heteroatoms. The Morgan fingerprint density at radius 2 is 1.59 bits per heavy atom. The topological polar surface area (TPSA) is 53.2 Å². The Morgan fingerprint density at radius 1 is 0.875 bits per heavy atom. The first-order valence-corrected chi connectivity index (χ1v) is 11.0. The fourth-order valence-corrected chi connectivity index (χ4v) is 4.41. The van der Waals surface area contributed by atoms with Crippen LogP contribution in [0.15, 0.2) is 85.1 Å². The number of nitrogens with zero attached hydrogens (tertiary/aromatic N) is 2. The van der Waals surface area contributed by atoms with Crippen molar-refractivity contribution in [2.24, 2.45) is 0 Å². The average molecular weight is 441 g/mol. The normalized spacial score (nSPS) is 17.9. The lowest BCUT2D eigenvalue weighted by molar-refractivity contribution is 0.482. The number of hydrogen-bond donors (Lipinski definition) is 2. The lowest BCUT2D eigenvalue weighted by Gasteiger charge is -2.27. The minimum absolute atomic E-state index is 0.0463. The zero-order chi connectivity index (χ0) is 22.1. The van der Waals surface area contributed by atoms with Crippen molar-refractivity contribution in [2.75, 3.05) is 4.90 Å². The van der Waals surface area contributed by atoms with Crippen LogP contribution in [0.4, 0.5) is 5.69 Å². The predicted octanol–water partition coefficient (Wildman–Crippen LogP) is 6.00. The fraction of sp³-hybridized carbons (Fsp3) is 0.154. The zero-order valence-corrected chi connectivity index (χ0v) is 18.8. The summed E-state index contributed by atoms with van der Waals surface area (Å²) >= 11 is 5.78. The van der Waals surface area contributed by atoms with E-state index >= 15 is 0 Å². The molecule has 5 rings (SSSR count). The second-order valence-electron chi connectivity index (χ2n) is 8.00. The van der Waals surface area contributed by atoms with Crippen molar-refractivity contribution < 1.29 is 4.74 Å². The lowest BCUT2D eigenvalue weighted by atomic mass is 10.0. The molecule has 2 aromatic carbocycles. The Kier molecular flexibility index (Phi) is 5.37. The van der Waals surface area contributed by atoms with Gasteiger partial charge in [-0.05, 0) is 86.7 Å². The van der Waals surface area contributed by atoms with E-state index in [0.29, 0.717) is 5.11 Å². The summed E-state index contributed by atoms with van der Waals surface area (Å²) in [5.74, 6) is 1.60. The van der Waals surface area contributed by atoms with Crippen LogP contribution in [-0.2, 0) is 0 Å². The van der Waals surface area contributed by atoms with Crippen molar-refractivity contribution in [3.8, 4) is 11.5 Å². The zero-order valence-electron chi connectivity index (χ0n) is 17.9. The molecule has 1 aliphatic rings. The molecule has 1 aliphatic heterocycles. The van der Waals surface area contributed by atoms with Gasteiger partial charge in [-0.25, -0.2) is 0 Å². The molecule has 1 fully saturated rings. The van der Waals surface area contributed by atoms with E-state index in [1.54, 1.807) is 0 Å². The fourth-order valence-electron chi connectivity index (χ4n) is 4.06. The van der Waals surface area contributed by atoms with Gasteiger partial charge >= 0.3 is 0 Å². The number of nitrogens with one attached hydrogen (secondary N) is 2. The van der Waals surface area contributed by atoms with Gasteiger partial charge in [0.2, 0.25) is 0 Å². The highest BCUT2D eigenvalue weighted by atomic mass is 32.1. The van der Waals surface area contributed by atoms with Gasteiger partial charge in [0.15, 0.2) is 5.11 Å². The third-order valence-electron chi connectivity index (χ3n) is 5.64. The smallest absolute Gasteiger partial charge is 0.174 e. The van der Waals surface area contributed by atoms with Gasteiger partial charge in [0, 0.05) is 23.3 Å². The first-order valence-electron chi connectivity index (χ1n) is 10.6. The number of anilines is 1. The number of rotatable bonds is 5. The summed E-state index contributed by atoms with van der Waals surface area (Å²) in [4.78, 5) is 10.2. The van der Waals surface area contributed by atoms with E-state index in [2.05, 4.69) is 46.2 Å². The number of H-pyrrole nitrogens is 1. The van der Waals surface area contributed by atoms with Crippen molar-refractivity contribution in [2.45, 2.75) is 25.9 Å². The van der Waals surface area contributed by atoms with E-state index in [4.69, 9.17) is 17.0 Å². The minimum Gasteiger partial charge on any atom is -0.457 e. The van der Waals surface area contributed by atoms with Crippen LogP contribution in [0.2, 0.25) is 0 Å². The predicted molar refractivity (Wildman–Crippen MR) is 131 cm³/mol. The van der Waals surface area contributed by atoms with Gasteiger partial charge in [0.1, 0.15) is 17.5 Å². The third kappa shape index (κ3) is 3.97. The number of aryl methyl sites for hydroxylation is 2. The molecule has 3 heterocycles. The van der Waals surface area contributed by atoms with Crippen molar-refractivity contribution in [3.05, 3.63) is 108 Å². The molecule has 0 spiro atoms. The summed E-state index contributed by atoms with van der Waals surface area (Å²) in [6, 6.07) is 26.1. The number of hydrogen-bond acceptors (Lipinski definition) is 3. The highest BCUT2D eigenvalue weighted by Crippen LogP contribution is 2.41. The first kappa shape index (κ1) is 20.3. The first-order chi connectivity index (χ1) is 15.6. The van der Waals surface area contributed by atoms with Crippen LogP contribution in [0.25, 0.3) is 0 Å². The summed E-state index contributed by atoms with van der Waals surface area (Å²) in [6.45, 7) is 4.12. The van der Waals surface area contributed by atoms with E-state index < -0.39 is 0 Å². The van der Waals surface area contributed by atoms with Crippen molar-refractivity contribution in [3.63, 3.8) is 0 Å². The van der Waals surface area contributed by atoms with Crippen LogP contribution in [0.1, 0.15) is 34.7 Å². The number of aromatic nitrogens is 2. The highest BCUT2D eigenvalue weighted by Gasteiger charge is 2.41. The summed E-state index contributed by atoms with van der Waals surface area (Å²) in [5, 5.41) is 4.15. The molecule has 4 aromatic rings. The molecule has 0 amide bonds. The van der Waals surface area contributed by atoms with Gasteiger partial charge in [-0.2, -0.15) is 0 Å². The molecular formula is C26H24N4OS. The standard InChI is InChI=1S/C26H24N4OS/c1-17-6-11-20(12-7-17)31-21-13-9-19(10-14-21)30-25(23-15-8-18(2)28-23)24(29-26(30)32)22-5-3-4-16-27-22/h3-16,24-25,28H,1-2H3,(H,29,32)/t24-,25-/m0/s1. The van der Waals surface area contributed by atoms with Crippen molar-refractivity contribution in [1.82, 2.24) is 15.3 Å². The van der Waals surface area contributed by atoms with Gasteiger partial charge in [0.25, 0.3) is 0 Å². The number of benzene rings is 2. The number of pyridine rings is 1. The summed E-state index contributed by atoms with van der Waals surface area (Å²) in [7, 11) is 0. The number of aromatic amines is 1. The molecule has 32 heavy (non-hydrogen) atoms. The van der Waals surface area contributed by atoms with Crippen LogP contribution >= 0.6 is 12.2 Å². The third-order valence-corrected chi connectivity index (χ3v) is 5.96. The van der Waals surface area contributed by atoms with Crippen LogP contribution < -0.4 is 15.0 Å².